The van der Waals surface area contributed by atoms with E-state index in [0.29, 0.717) is 34.8 Å². The first kappa shape index (κ1) is 22.6. The molecule has 3 nitrogen and oxygen atoms in total. The van der Waals surface area contributed by atoms with Gasteiger partial charge >= 0.3 is 12.4 Å². The van der Waals surface area contributed by atoms with Crippen molar-refractivity contribution in [2.24, 2.45) is 0 Å². The standard InChI is InChI=1S/C22H19F6N3/c1-14-11-15(20-29-12-16(13-30-20)22(26,27)28)7-8-18(14)19(9-10-21(23,24)25)31-17-5-3-2-4-6-17/h2-8,11-13,19,31H,9-10H2,1H3. The van der Waals surface area contributed by atoms with Crippen molar-refractivity contribution in [2.75, 3.05) is 5.32 Å². The van der Waals surface area contributed by atoms with Gasteiger partial charge in [-0.25, -0.2) is 9.97 Å². The summed E-state index contributed by atoms with van der Waals surface area (Å²) in [5.74, 6) is 0.102. The summed E-state index contributed by atoms with van der Waals surface area (Å²) in [5, 5.41) is 3.14. The third-order valence-electron chi connectivity index (χ3n) is 4.71. The third-order valence-corrected chi connectivity index (χ3v) is 4.71. The van der Waals surface area contributed by atoms with Crippen LogP contribution in [0.5, 0.6) is 0 Å². The van der Waals surface area contributed by atoms with Crippen LogP contribution in [-0.4, -0.2) is 16.1 Å². The topological polar surface area (TPSA) is 37.8 Å². The van der Waals surface area contributed by atoms with Crippen LogP contribution < -0.4 is 5.32 Å². The number of nitrogens with one attached hydrogen (secondary N) is 1. The maximum Gasteiger partial charge on any atom is 0.419 e. The van der Waals surface area contributed by atoms with Gasteiger partial charge in [-0.1, -0.05) is 30.3 Å². The monoisotopic (exact) mass is 439 g/mol. The Kier molecular flexibility index (Phi) is 6.52. The van der Waals surface area contributed by atoms with E-state index in [1.807, 2.05) is 0 Å². The van der Waals surface area contributed by atoms with Gasteiger partial charge in [0.15, 0.2) is 5.82 Å². The molecule has 9 heteroatoms. The number of para-hydroxylation sites is 1. The van der Waals surface area contributed by atoms with Crippen molar-refractivity contribution >= 4 is 5.69 Å². The molecule has 0 aliphatic heterocycles. The number of halogens is 6. The molecule has 0 saturated heterocycles. The van der Waals surface area contributed by atoms with Gasteiger partial charge in [-0.2, -0.15) is 26.3 Å². The first-order valence-electron chi connectivity index (χ1n) is 9.41. The minimum Gasteiger partial charge on any atom is -0.378 e. The highest BCUT2D eigenvalue weighted by Gasteiger charge is 2.31. The Morgan fingerprint density at radius 1 is 0.903 bits per heavy atom. The Labute approximate surface area is 175 Å². The van der Waals surface area contributed by atoms with E-state index in [2.05, 4.69) is 15.3 Å². The van der Waals surface area contributed by atoms with Crippen LogP contribution in [-0.2, 0) is 6.18 Å². The quantitative estimate of drug-likeness (QED) is 0.422. The van der Waals surface area contributed by atoms with E-state index in [-0.39, 0.29) is 12.2 Å². The van der Waals surface area contributed by atoms with Gasteiger partial charge in [-0.15, -0.1) is 0 Å². The van der Waals surface area contributed by atoms with Crippen LogP contribution in [0.15, 0.2) is 60.9 Å². The average Bonchev–Trinajstić information content (AvgIpc) is 2.71. The van der Waals surface area contributed by atoms with Crippen molar-refractivity contribution in [1.82, 2.24) is 9.97 Å². The smallest absolute Gasteiger partial charge is 0.378 e. The second kappa shape index (κ2) is 8.95. The van der Waals surface area contributed by atoms with Gasteiger partial charge in [0.25, 0.3) is 0 Å². The lowest BCUT2D eigenvalue weighted by atomic mass is 9.95. The number of nitrogens with zero attached hydrogens (tertiary/aromatic N) is 2. The van der Waals surface area contributed by atoms with Crippen molar-refractivity contribution in [3.8, 4) is 11.4 Å². The highest BCUT2D eigenvalue weighted by atomic mass is 19.4. The number of hydrogen-bond acceptors (Lipinski definition) is 3. The largest absolute Gasteiger partial charge is 0.419 e. The van der Waals surface area contributed by atoms with Crippen molar-refractivity contribution < 1.29 is 26.3 Å². The molecule has 0 bridgehead atoms. The van der Waals surface area contributed by atoms with E-state index in [1.54, 1.807) is 55.5 Å². The summed E-state index contributed by atoms with van der Waals surface area (Å²) < 4.78 is 76.6. The lowest BCUT2D eigenvalue weighted by Crippen LogP contribution is -2.17. The summed E-state index contributed by atoms with van der Waals surface area (Å²) >= 11 is 0. The van der Waals surface area contributed by atoms with Crippen LogP contribution in [0.25, 0.3) is 11.4 Å². The minimum absolute atomic E-state index is 0.102. The fraction of sp³-hybridized carbons (Fsp3) is 0.273. The molecule has 3 rings (SSSR count). The maximum atomic E-state index is 12.8. The van der Waals surface area contributed by atoms with Gasteiger partial charge in [0, 0.05) is 30.1 Å². The Bertz CT molecular complexity index is 998. The summed E-state index contributed by atoms with van der Waals surface area (Å²) in [7, 11) is 0. The number of rotatable bonds is 6. The predicted molar refractivity (Wildman–Crippen MR) is 105 cm³/mol. The molecule has 0 saturated carbocycles. The third kappa shape index (κ3) is 6.19. The molecule has 2 aromatic carbocycles. The predicted octanol–water partition coefficient (Wildman–Crippen LogP) is 6.97. The molecule has 1 aromatic heterocycles. The molecule has 0 amide bonds. The first-order valence-corrected chi connectivity index (χ1v) is 9.41. The molecule has 1 N–H and O–H groups in total. The molecular formula is C22H19F6N3. The molecule has 0 aliphatic rings. The van der Waals surface area contributed by atoms with Crippen LogP contribution in [0.2, 0.25) is 0 Å². The molecule has 3 aromatic rings. The second-order valence-corrected chi connectivity index (χ2v) is 7.08. The molecule has 0 aliphatic carbocycles. The van der Waals surface area contributed by atoms with Gasteiger partial charge < -0.3 is 5.32 Å². The summed E-state index contributed by atoms with van der Waals surface area (Å²) in [6.45, 7) is 1.73. The second-order valence-electron chi connectivity index (χ2n) is 7.08. The number of hydrogen-bond donors (Lipinski definition) is 1. The van der Waals surface area contributed by atoms with Crippen LogP contribution in [0, 0.1) is 6.92 Å². The van der Waals surface area contributed by atoms with E-state index in [4.69, 9.17) is 0 Å². The SMILES string of the molecule is Cc1cc(-c2ncc(C(F)(F)F)cn2)ccc1C(CCC(F)(F)F)Nc1ccccc1. The van der Waals surface area contributed by atoms with Crippen molar-refractivity contribution in [3.05, 3.63) is 77.6 Å². The molecular weight excluding hydrogens is 420 g/mol. The fourth-order valence-corrected chi connectivity index (χ4v) is 3.18. The van der Waals surface area contributed by atoms with E-state index >= 15 is 0 Å². The summed E-state index contributed by atoms with van der Waals surface area (Å²) in [4.78, 5) is 7.54. The number of aryl methyl sites for hydroxylation is 1. The first-order chi connectivity index (χ1) is 14.5. The maximum absolute atomic E-state index is 12.8. The highest BCUT2D eigenvalue weighted by Crippen LogP contribution is 2.33. The molecule has 1 unspecified atom stereocenters. The summed E-state index contributed by atoms with van der Waals surface area (Å²) in [6, 6.07) is 13.2. The average molecular weight is 439 g/mol. The van der Waals surface area contributed by atoms with Gasteiger partial charge in [0.05, 0.1) is 11.6 Å². The molecule has 1 atom stereocenters. The van der Waals surface area contributed by atoms with Crippen molar-refractivity contribution in [2.45, 2.75) is 38.2 Å². The lowest BCUT2D eigenvalue weighted by molar-refractivity contribution is -0.138. The molecule has 0 fully saturated rings. The van der Waals surface area contributed by atoms with Gasteiger partial charge in [-0.3, -0.25) is 0 Å². The Morgan fingerprint density at radius 2 is 1.55 bits per heavy atom. The normalized spacial score (nSPS) is 13.1. The van der Waals surface area contributed by atoms with E-state index < -0.39 is 30.4 Å². The van der Waals surface area contributed by atoms with Crippen molar-refractivity contribution in [3.63, 3.8) is 0 Å². The number of alkyl halides is 6. The van der Waals surface area contributed by atoms with Crippen molar-refractivity contribution in [1.29, 1.82) is 0 Å². The number of benzene rings is 2. The van der Waals surface area contributed by atoms with Crippen LogP contribution in [0.1, 0.15) is 35.6 Å². The zero-order valence-corrected chi connectivity index (χ0v) is 16.4. The van der Waals surface area contributed by atoms with E-state index in [9.17, 15) is 26.3 Å². The Morgan fingerprint density at radius 3 is 2.10 bits per heavy atom. The zero-order valence-electron chi connectivity index (χ0n) is 16.4. The van der Waals surface area contributed by atoms with Crippen LogP contribution in [0.4, 0.5) is 32.0 Å². The van der Waals surface area contributed by atoms with Gasteiger partial charge in [0.1, 0.15) is 0 Å². The molecule has 0 radical (unpaired) electrons. The molecule has 31 heavy (non-hydrogen) atoms. The molecule has 164 valence electrons. The summed E-state index contributed by atoms with van der Waals surface area (Å²) in [6.07, 6.45) is -8.55. The van der Waals surface area contributed by atoms with E-state index in [1.165, 1.54) is 0 Å². The van der Waals surface area contributed by atoms with E-state index in [0.717, 1.165) is 0 Å². The van der Waals surface area contributed by atoms with Crippen LogP contribution in [0.3, 0.4) is 0 Å². The summed E-state index contributed by atoms with van der Waals surface area (Å²) in [5.41, 5.74) is 1.54. The minimum atomic E-state index is -4.53. The zero-order chi connectivity index (χ0) is 22.6. The number of anilines is 1. The van der Waals surface area contributed by atoms with Gasteiger partial charge in [-0.05, 0) is 42.7 Å². The fourth-order valence-electron chi connectivity index (χ4n) is 3.18. The van der Waals surface area contributed by atoms with Crippen LogP contribution >= 0.6 is 0 Å². The highest BCUT2D eigenvalue weighted by molar-refractivity contribution is 5.58. The molecule has 0 spiro atoms. The Balaban J connectivity index is 1.87. The van der Waals surface area contributed by atoms with Gasteiger partial charge in [0.2, 0.25) is 0 Å². The number of aromatic nitrogens is 2. The Hall–Kier alpha value is -3.10. The lowest BCUT2D eigenvalue weighted by Gasteiger charge is -2.23. The molecule has 1 heterocycles.